The van der Waals surface area contributed by atoms with E-state index in [9.17, 15) is 10.2 Å². The van der Waals surface area contributed by atoms with Crippen molar-refractivity contribution in [2.24, 2.45) is 4.99 Å². The summed E-state index contributed by atoms with van der Waals surface area (Å²) in [4.78, 5) is 8.89. The third-order valence-corrected chi connectivity index (χ3v) is 4.53. The van der Waals surface area contributed by atoms with Gasteiger partial charge in [0.15, 0.2) is 5.58 Å². The van der Waals surface area contributed by atoms with Gasteiger partial charge in [-0.3, -0.25) is 4.99 Å². The van der Waals surface area contributed by atoms with Gasteiger partial charge in [0.05, 0.1) is 11.3 Å². The number of phenolic OH excluding ortho intramolecular Hbond substituents is 2. The highest BCUT2D eigenvalue weighted by atomic mass is 79.9. The minimum atomic E-state index is -0.0347. The van der Waals surface area contributed by atoms with Crippen molar-refractivity contribution in [3.05, 3.63) is 70.7 Å². The maximum atomic E-state index is 9.81. The molecule has 0 atom stereocenters. The van der Waals surface area contributed by atoms with Crippen LogP contribution in [0.25, 0.3) is 22.6 Å². The number of rotatable bonds is 3. The Morgan fingerprint density at radius 1 is 1.00 bits per heavy atom. The first-order valence-corrected chi connectivity index (χ1v) is 8.61. The molecule has 128 valence electrons. The molecule has 1 heterocycles. The minimum Gasteiger partial charge on any atom is -0.508 e. The number of oxazole rings is 1. The van der Waals surface area contributed by atoms with Crippen molar-refractivity contribution in [1.29, 1.82) is 0 Å². The number of aliphatic imine (C=N–C) groups is 1. The topological polar surface area (TPSA) is 78.9 Å². The molecule has 2 N–H and O–H groups in total. The first kappa shape index (κ1) is 16.4. The second-order valence-corrected chi connectivity index (χ2v) is 6.51. The molecule has 0 saturated carbocycles. The van der Waals surface area contributed by atoms with E-state index in [1.807, 2.05) is 42.5 Å². The third-order valence-electron chi connectivity index (χ3n) is 3.84. The van der Waals surface area contributed by atoms with Crippen molar-refractivity contribution in [3.8, 4) is 23.0 Å². The lowest BCUT2D eigenvalue weighted by atomic mass is 10.2. The zero-order chi connectivity index (χ0) is 18.1. The molecule has 0 unspecified atom stereocenters. The SMILES string of the molecule is Oc1ccc(C=Nc2ccc3oc(-c4ccccc4Br)nc3c2)c(O)c1. The first-order chi connectivity index (χ1) is 12.6. The second-order valence-electron chi connectivity index (χ2n) is 5.65. The molecule has 0 bridgehead atoms. The van der Waals surface area contributed by atoms with Gasteiger partial charge >= 0.3 is 0 Å². The van der Waals surface area contributed by atoms with Gasteiger partial charge in [-0.05, 0) is 58.4 Å². The summed E-state index contributed by atoms with van der Waals surface area (Å²) in [5.41, 5.74) is 3.43. The minimum absolute atomic E-state index is 0.00303. The molecule has 4 aromatic rings. The lowest BCUT2D eigenvalue weighted by Gasteiger charge is -1.99. The molecule has 0 saturated heterocycles. The van der Waals surface area contributed by atoms with Crippen LogP contribution in [0.2, 0.25) is 0 Å². The van der Waals surface area contributed by atoms with Gasteiger partial charge in [0.25, 0.3) is 0 Å². The largest absolute Gasteiger partial charge is 0.508 e. The molecule has 0 radical (unpaired) electrons. The van der Waals surface area contributed by atoms with E-state index in [0.717, 1.165) is 10.0 Å². The number of aromatic hydroxyl groups is 2. The fourth-order valence-corrected chi connectivity index (χ4v) is 2.99. The number of benzene rings is 3. The van der Waals surface area contributed by atoms with Gasteiger partial charge in [-0.2, -0.15) is 0 Å². The summed E-state index contributed by atoms with van der Waals surface area (Å²) in [6.45, 7) is 0. The van der Waals surface area contributed by atoms with Crippen LogP contribution in [0.1, 0.15) is 5.56 Å². The number of hydrogen-bond acceptors (Lipinski definition) is 5. The van der Waals surface area contributed by atoms with E-state index in [2.05, 4.69) is 25.9 Å². The van der Waals surface area contributed by atoms with Crippen LogP contribution in [0, 0.1) is 0 Å². The van der Waals surface area contributed by atoms with Crippen molar-refractivity contribution in [1.82, 2.24) is 4.98 Å². The Kier molecular flexibility index (Phi) is 4.18. The number of halogens is 1. The van der Waals surface area contributed by atoms with Crippen LogP contribution in [0.3, 0.4) is 0 Å². The molecule has 0 fully saturated rings. The maximum absolute atomic E-state index is 9.81. The van der Waals surface area contributed by atoms with Crippen LogP contribution in [0.5, 0.6) is 11.5 Å². The molecular formula is C20H13BrN2O3. The van der Waals surface area contributed by atoms with Gasteiger partial charge < -0.3 is 14.6 Å². The molecule has 26 heavy (non-hydrogen) atoms. The van der Waals surface area contributed by atoms with E-state index in [1.165, 1.54) is 18.3 Å². The average molecular weight is 409 g/mol. The van der Waals surface area contributed by atoms with Crippen LogP contribution >= 0.6 is 15.9 Å². The number of phenols is 2. The normalized spacial score (nSPS) is 11.4. The Labute approximate surface area is 157 Å². The standard InChI is InChI=1S/C20H13BrN2O3/c21-16-4-2-1-3-15(16)20-23-17-9-13(6-8-19(17)26-20)22-11-12-5-7-14(24)10-18(12)25/h1-11,24-25H. The zero-order valence-corrected chi connectivity index (χ0v) is 15.0. The van der Waals surface area contributed by atoms with Crippen molar-refractivity contribution in [2.45, 2.75) is 0 Å². The van der Waals surface area contributed by atoms with Gasteiger partial charge in [0.1, 0.15) is 17.0 Å². The lowest BCUT2D eigenvalue weighted by Crippen LogP contribution is -1.81. The summed E-state index contributed by atoms with van der Waals surface area (Å²) in [5, 5.41) is 19.1. The Balaban J connectivity index is 1.67. The highest BCUT2D eigenvalue weighted by Crippen LogP contribution is 2.31. The molecule has 0 aliphatic rings. The highest BCUT2D eigenvalue weighted by molar-refractivity contribution is 9.10. The molecule has 0 aliphatic carbocycles. The molecule has 6 heteroatoms. The van der Waals surface area contributed by atoms with E-state index in [4.69, 9.17) is 4.42 Å². The Morgan fingerprint density at radius 3 is 2.65 bits per heavy atom. The van der Waals surface area contributed by atoms with E-state index < -0.39 is 0 Å². The lowest BCUT2D eigenvalue weighted by molar-refractivity contribution is 0.450. The third kappa shape index (κ3) is 3.19. The summed E-state index contributed by atoms with van der Waals surface area (Å²) in [5.74, 6) is 0.500. The van der Waals surface area contributed by atoms with E-state index in [1.54, 1.807) is 6.07 Å². The first-order valence-electron chi connectivity index (χ1n) is 7.82. The van der Waals surface area contributed by atoms with Gasteiger partial charge in [0.2, 0.25) is 5.89 Å². The van der Waals surface area contributed by atoms with Crippen molar-refractivity contribution in [3.63, 3.8) is 0 Å². The number of aromatic nitrogens is 1. The maximum Gasteiger partial charge on any atom is 0.228 e. The van der Waals surface area contributed by atoms with Crippen LogP contribution in [-0.2, 0) is 0 Å². The highest BCUT2D eigenvalue weighted by Gasteiger charge is 2.11. The van der Waals surface area contributed by atoms with Crippen molar-refractivity contribution >= 4 is 38.9 Å². The number of hydrogen-bond donors (Lipinski definition) is 2. The molecule has 0 spiro atoms. The Hall–Kier alpha value is -3.12. The van der Waals surface area contributed by atoms with Crippen LogP contribution in [-0.4, -0.2) is 21.4 Å². The Morgan fingerprint density at radius 2 is 1.85 bits per heavy atom. The van der Waals surface area contributed by atoms with Gasteiger partial charge in [0, 0.05) is 22.3 Å². The molecule has 1 aromatic heterocycles. The monoisotopic (exact) mass is 408 g/mol. The van der Waals surface area contributed by atoms with Crippen molar-refractivity contribution in [2.75, 3.05) is 0 Å². The smallest absolute Gasteiger partial charge is 0.228 e. The number of fused-ring (bicyclic) bond motifs is 1. The predicted molar refractivity (Wildman–Crippen MR) is 104 cm³/mol. The van der Waals surface area contributed by atoms with Crippen LogP contribution in [0.15, 0.2) is 74.5 Å². The van der Waals surface area contributed by atoms with Crippen LogP contribution < -0.4 is 0 Å². The summed E-state index contributed by atoms with van der Waals surface area (Å²) >= 11 is 3.50. The summed E-state index contributed by atoms with van der Waals surface area (Å²) < 4.78 is 6.73. The molecule has 5 nitrogen and oxygen atoms in total. The molecular weight excluding hydrogens is 396 g/mol. The molecule has 4 rings (SSSR count). The van der Waals surface area contributed by atoms with E-state index >= 15 is 0 Å². The van der Waals surface area contributed by atoms with E-state index in [-0.39, 0.29) is 11.5 Å². The molecule has 3 aromatic carbocycles. The van der Waals surface area contributed by atoms with Crippen molar-refractivity contribution < 1.29 is 14.6 Å². The van der Waals surface area contributed by atoms with Gasteiger partial charge in [-0.15, -0.1) is 0 Å². The summed E-state index contributed by atoms with van der Waals surface area (Å²) in [6, 6.07) is 17.5. The fourth-order valence-electron chi connectivity index (χ4n) is 2.53. The second kappa shape index (κ2) is 6.65. The summed E-state index contributed by atoms with van der Waals surface area (Å²) in [6.07, 6.45) is 1.53. The molecule has 0 aliphatic heterocycles. The number of nitrogens with zero attached hydrogens (tertiary/aromatic N) is 2. The Bertz CT molecular complexity index is 1140. The quantitative estimate of drug-likeness (QED) is 0.443. The van der Waals surface area contributed by atoms with Gasteiger partial charge in [-0.25, -0.2) is 4.98 Å². The fraction of sp³-hybridized carbons (Fsp3) is 0. The van der Waals surface area contributed by atoms with Gasteiger partial charge in [-0.1, -0.05) is 12.1 Å². The zero-order valence-electron chi connectivity index (χ0n) is 13.4. The molecule has 0 amide bonds. The predicted octanol–water partition coefficient (Wildman–Crippen LogP) is 5.42. The van der Waals surface area contributed by atoms with E-state index in [0.29, 0.717) is 28.2 Å². The van der Waals surface area contributed by atoms with Crippen LogP contribution in [0.4, 0.5) is 5.69 Å². The summed E-state index contributed by atoms with van der Waals surface area (Å²) in [7, 11) is 0. The average Bonchev–Trinajstić information content (AvgIpc) is 3.04.